The van der Waals surface area contributed by atoms with Crippen molar-refractivity contribution in [2.45, 2.75) is 38.1 Å². The first-order chi connectivity index (χ1) is 8.34. The van der Waals surface area contributed by atoms with Crippen LogP contribution in [0, 0.1) is 0 Å². The van der Waals surface area contributed by atoms with Crippen molar-refractivity contribution in [1.29, 1.82) is 0 Å². The molecule has 0 radical (unpaired) electrons. The maximum absolute atomic E-state index is 12.1. The predicted octanol–water partition coefficient (Wildman–Crippen LogP) is 0.802. The van der Waals surface area contributed by atoms with Gasteiger partial charge in [0.1, 0.15) is 0 Å². The van der Waals surface area contributed by atoms with Gasteiger partial charge in [0.15, 0.2) is 5.69 Å². The second-order valence-electron chi connectivity index (χ2n) is 4.90. The monoisotopic (exact) mass is 270 g/mol. The van der Waals surface area contributed by atoms with Gasteiger partial charge >= 0.3 is 0 Å². The van der Waals surface area contributed by atoms with Gasteiger partial charge in [0.2, 0.25) is 0 Å². The third-order valence-corrected chi connectivity index (χ3v) is 3.65. The van der Waals surface area contributed by atoms with Crippen LogP contribution in [-0.2, 0) is 12.8 Å². The Morgan fingerprint density at radius 1 is 1.33 bits per heavy atom. The topological polar surface area (TPSA) is 69.8 Å². The standard InChI is InChI=1S/C12H18N4O.ClH/c17-12(14-8-3-2-6-13-7-8)11-9-4-1-5-10(9)15-16-11;/h8,13H,1-7H2,(H,14,17)(H,15,16);1H/t8-;/m0./s1. The fourth-order valence-corrected chi connectivity index (χ4v) is 2.74. The van der Waals surface area contributed by atoms with Crippen LogP contribution in [0.4, 0.5) is 0 Å². The Hall–Kier alpha value is -1.07. The molecule has 0 bridgehead atoms. The van der Waals surface area contributed by atoms with Crippen LogP contribution in [0.1, 0.15) is 41.0 Å². The Labute approximate surface area is 113 Å². The minimum Gasteiger partial charge on any atom is -0.347 e. The fraction of sp³-hybridized carbons (Fsp3) is 0.667. The number of fused-ring (bicyclic) bond motifs is 1. The van der Waals surface area contributed by atoms with Crippen molar-refractivity contribution >= 4 is 18.3 Å². The number of hydrogen-bond donors (Lipinski definition) is 3. The number of piperidine rings is 1. The van der Waals surface area contributed by atoms with Crippen LogP contribution in [0.15, 0.2) is 0 Å². The molecule has 0 saturated carbocycles. The number of aromatic amines is 1. The molecule has 3 rings (SSSR count). The van der Waals surface area contributed by atoms with E-state index >= 15 is 0 Å². The second kappa shape index (κ2) is 5.71. The Morgan fingerprint density at radius 3 is 3.00 bits per heavy atom. The number of nitrogens with zero attached hydrogens (tertiary/aromatic N) is 1. The summed E-state index contributed by atoms with van der Waals surface area (Å²) in [5, 5.41) is 13.5. The molecule has 1 aromatic rings. The van der Waals surface area contributed by atoms with Gasteiger partial charge in [-0.05, 0) is 38.6 Å². The van der Waals surface area contributed by atoms with E-state index in [1.54, 1.807) is 0 Å². The molecule has 0 unspecified atom stereocenters. The quantitative estimate of drug-likeness (QED) is 0.745. The van der Waals surface area contributed by atoms with E-state index in [4.69, 9.17) is 0 Å². The van der Waals surface area contributed by atoms with Crippen LogP contribution in [0.25, 0.3) is 0 Å². The zero-order valence-electron chi connectivity index (χ0n) is 10.3. The molecule has 1 saturated heterocycles. The molecule has 100 valence electrons. The zero-order chi connectivity index (χ0) is 11.7. The molecule has 6 heteroatoms. The van der Waals surface area contributed by atoms with Gasteiger partial charge in [-0.25, -0.2) is 0 Å². The molecular weight excluding hydrogens is 252 g/mol. The van der Waals surface area contributed by atoms with Gasteiger partial charge in [-0.2, -0.15) is 5.10 Å². The van der Waals surface area contributed by atoms with Crippen molar-refractivity contribution in [3.8, 4) is 0 Å². The number of hydrogen-bond acceptors (Lipinski definition) is 3. The Bertz CT molecular complexity index is 426. The molecule has 1 aliphatic heterocycles. The molecular formula is C12H19ClN4O. The van der Waals surface area contributed by atoms with Crippen molar-refractivity contribution in [1.82, 2.24) is 20.8 Å². The predicted molar refractivity (Wildman–Crippen MR) is 71.2 cm³/mol. The summed E-state index contributed by atoms with van der Waals surface area (Å²) in [5.41, 5.74) is 2.89. The third-order valence-electron chi connectivity index (χ3n) is 3.65. The van der Waals surface area contributed by atoms with Gasteiger partial charge < -0.3 is 10.6 Å². The summed E-state index contributed by atoms with van der Waals surface area (Å²) in [4.78, 5) is 12.1. The van der Waals surface area contributed by atoms with Gasteiger partial charge in [-0.1, -0.05) is 0 Å². The molecule has 1 aromatic heterocycles. The Kier molecular flexibility index (Phi) is 4.24. The van der Waals surface area contributed by atoms with E-state index in [-0.39, 0.29) is 24.4 Å². The highest BCUT2D eigenvalue weighted by Gasteiger charge is 2.24. The minimum absolute atomic E-state index is 0. The lowest BCUT2D eigenvalue weighted by atomic mass is 10.1. The molecule has 0 aromatic carbocycles. The van der Waals surface area contributed by atoms with Gasteiger partial charge in [-0.15, -0.1) is 12.4 Å². The second-order valence-corrected chi connectivity index (χ2v) is 4.90. The fourth-order valence-electron chi connectivity index (χ4n) is 2.74. The SMILES string of the molecule is Cl.O=C(N[C@H]1CCCNC1)c1n[nH]c2c1CCC2. The normalized spacial score (nSPS) is 22.1. The molecule has 1 amide bonds. The number of rotatable bonds is 2. The van der Waals surface area contributed by atoms with Crippen molar-refractivity contribution < 1.29 is 4.79 Å². The van der Waals surface area contributed by atoms with Crippen LogP contribution >= 0.6 is 12.4 Å². The van der Waals surface area contributed by atoms with E-state index in [0.717, 1.165) is 56.5 Å². The summed E-state index contributed by atoms with van der Waals surface area (Å²) < 4.78 is 0. The molecule has 1 aliphatic carbocycles. The Balaban J connectivity index is 0.00000120. The molecule has 0 spiro atoms. The van der Waals surface area contributed by atoms with E-state index < -0.39 is 0 Å². The largest absolute Gasteiger partial charge is 0.347 e. The van der Waals surface area contributed by atoms with Crippen LogP contribution < -0.4 is 10.6 Å². The lowest BCUT2D eigenvalue weighted by Gasteiger charge is -2.23. The minimum atomic E-state index is -0.0156. The van der Waals surface area contributed by atoms with Crippen molar-refractivity contribution in [3.05, 3.63) is 17.0 Å². The van der Waals surface area contributed by atoms with Crippen LogP contribution in [0.2, 0.25) is 0 Å². The van der Waals surface area contributed by atoms with Crippen LogP contribution in [0.5, 0.6) is 0 Å². The Morgan fingerprint density at radius 2 is 2.22 bits per heavy atom. The van der Waals surface area contributed by atoms with Crippen molar-refractivity contribution in [2.24, 2.45) is 0 Å². The number of carbonyl (C=O) groups is 1. The highest BCUT2D eigenvalue weighted by molar-refractivity contribution is 5.94. The molecule has 2 heterocycles. The molecule has 5 nitrogen and oxygen atoms in total. The lowest BCUT2D eigenvalue weighted by Crippen LogP contribution is -2.45. The van der Waals surface area contributed by atoms with E-state index in [2.05, 4.69) is 20.8 Å². The molecule has 2 aliphatic rings. The zero-order valence-corrected chi connectivity index (χ0v) is 11.1. The number of aryl methyl sites for hydroxylation is 1. The van der Waals surface area contributed by atoms with E-state index in [1.807, 2.05) is 0 Å². The van der Waals surface area contributed by atoms with E-state index in [0.29, 0.717) is 5.69 Å². The summed E-state index contributed by atoms with van der Waals surface area (Å²) in [7, 11) is 0. The summed E-state index contributed by atoms with van der Waals surface area (Å²) in [6.45, 7) is 1.93. The van der Waals surface area contributed by atoms with Gasteiger partial charge in [0.05, 0.1) is 0 Å². The van der Waals surface area contributed by atoms with Crippen molar-refractivity contribution in [3.63, 3.8) is 0 Å². The maximum atomic E-state index is 12.1. The number of halogens is 1. The molecule has 3 N–H and O–H groups in total. The smallest absolute Gasteiger partial charge is 0.272 e. The summed E-state index contributed by atoms with van der Waals surface area (Å²) >= 11 is 0. The highest BCUT2D eigenvalue weighted by Crippen LogP contribution is 2.22. The number of amides is 1. The van der Waals surface area contributed by atoms with Crippen LogP contribution in [-0.4, -0.2) is 35.2 Å². The first-order valence-corrected chi connectivity index (χ1v) is 6.42. The summed E-state index contributed by atoms with van der Waals surface area (Å²) in [6, 6.07) is 0.255. The number of carbonyl (C=O) groups excluding carboxylic acids is 1. The lowest BCUT2D eigenvalue weighted by molar-refractivity contribution is 0.0924. The molecule has 1 atom stereocenters. The first kappa shape index (κ1) is 13.4. The number of H-pyrrole nitrogens is 1. The molecule has 18 heavy (non-hydrogen) atoms. The summed E-state index contributed by atoms with van der Waals surface area (Å²) in [5.74, 6) is -0.0156. The highest BCUT2D eigenvalue weighted by atomic mass is 35.5. The van der Waals surface area contributed by atoms with Gasteiger partial charge in [0.25, 0.3) is 5.91 Å². The van der Waals surface area contributed by atoms with E-state index in [9.17, 15) is 4.79 Å². The average Bonchev–Trinajstić information content (AvgIpc) is 2.91. The average molecular weight is 271 g/mol. The van der Waals surface area contributed by atoms with E-state index in [1.165, 1.54) is 0 Å². The molecule has 1 fully saturated rings. The number of aromatic nitrogens is 2. The van der Waals surface area contributed by atoms with Gasteiger partial charge in [-0.3, -0.25) is 9.89 Å². The third kappa shape index (κ3) is 2.52. The van der Waals surface area contributed by atoms with Gasteiger partial charge in [0, 0.05) is 23.8 Å². The summed E-state index contributed by atoms with van der Waals surface area (Å²) in [6.07, 6.45) is 5.34. The van der Waals surface area contributed by atoms with Crippen molar-refractivity contribution in [2.75, 3.05) is 13.1 Å². The number of nitrogens with one attached hydrogen (secondary N) is 3. The van der Waals surface area contributed by atoms with Crippen LogP contribution in [0.3, 0.4) is 0 Å². The first-order valence-electron chi connectivity index (χ1n) is 6.42. The maximum Gasteiger partial charge on any atom is 0.272 e.